The molecule has 1 N–H and O–H groups in total. The van der Waals surface area contributed by atoms with Gasteiger partial charge in [-0.05, 0) is 37.1 Å². The van der Waals surface area contributed by atoms with E-state index in [4.69, 9.17) is 21.4 Å². The maximum absolute atomic E-state index is 11.9. The maximum Gasteiger partial charge on any atom is 0.308 e. The van der Waals surface area contributed by atoms with E-state index in [9.17, 15) is 9.59 Å². The van der Waals surface area contributed by atoms with E-state index in [1.165, 1.54) is 4.90 Å². The molecule has 1 aliphatic heterocycles. The van der Waals surface area contributed by atoms with Crippen LogP contribution in [0.2, 0.25) is 5.02 Å². The van der Waals surface area contributed by atoms with Crippen molar-refractivity contribution in [2.45, 2.75) is 13.3 Å². The zero-order valence-corrected chi connectivity index (χ0v) is 11.9. The van der Waals surface area contributed by atoms with Gasteiger partial charge in [-0.1, -0.05) is 11.6 Å². The highest BCUT2D eigenvalue weighted by atomic mass is 35.5. The van der Waals surface area contributed by atoms with E-state index in [2.05, 4.69) is 0 Å². The van der Waals surface area contributed by atoms with Crippen molar-refractivity contribution in [3.05, 3.63) is 28.8 Å². The molecule has 1 saturated heterocycles. The van der Waals surface area contributed by atoms with Crippen molar-refractivity contribution in [3.63, 3.8) is 0 Å². The second kappa shape index (κ2) is 6.13. The molecule has 1 amide bonds. The predicted octanol–water partition coefficient (Wildman–Crippen LogP) is 1.96. The Labute approximate surface area is 122 Å². The summed E-state index contributed by atoms with van der Waals surface area (Å²) in [4.78, 5) is 24.3. The van der Waals surface area contributed by atoms with Crippen LogP contribution in [0.5, 0.6) is 5.75 Å². The Hall–Kier alpha value is -1.75. The van der Waals surface area contributed by atoms with Gasteiger partial charge in [0.2, 0.25) is 0 Å². The largest absolute Gasteiger partial charge is 0.483 e. The molecule has 1 aliphatic rings. The molecule has 1 fully saturated rings. The third kappa shape index (κ3) is 3.42. The van der Waals surface area contributed by atoms with Gasteiger partial charge in [-0.25, -0.2) is 0 Å². The zero-order valence-electron chi connectivity index (χ0n) is 11.1. The molecule has 0 aliphatic carbocycles. The second-order valence-electron chi connectivity index (χ2n) is 4.86. The number of hydrogen-bond donors (Lipinski definition) is 1. The summed E-state index contributed by atoms with van der Waals surface area (Å²) in [5.41, 5.74) is 0.857. The van der Waals surface area contributed by atoms with Crippen LogP contribution in [0.15, 0.2) is 18.2 Å². The highest BCUT2D eigenvalue weighted by molar-refractivity contribution is 6.30. The Morgan fingerprint density at radius 3 is 2.85 bits per heavy atom. The highest BCUT2D eigenvalue weighted by Crippen LogP contribution is 2.22. The van der Waals surface area contributed by atoms with Gasteiger partial charge in [0, 0.05) is 18.1 Å². The van der Waals surface area contributed by atoms with Crippen LogP contribution in [0, 0.1) is 12.8 Å². The number of halogens is 1. The number of carboxylic acids is 1. The maximum atomic E-state index is 11.9. The van der Waals surface area contributed by atoms with Crippen LogP contribution in [-0.4, -0.2) is 41.6 Å². The predicted molar refractivity (Wildman–Crippen MR) is 74.0 cm³/mol. The molecule has 2 rings (SSSR count). The molecule has 108 valence electrons. The Morgan fingerprint density at radius 2 is 2.25 bits per heavy atom. The summed E-state index contributed by atoms with van der Waals surface area (Å²) >= 11 is 5.84. The minimum atomic E-state index is -0.852. The second-order valence-corrected chi connectivity index (χ2v) is 5.30. The third-order valence-electron chi connectivity index (χ3n) is 3.38. The quantitative estimate of drug-likeness (QED) is 0.922. The first-order valence-electron chi connectivity index (χ1n) is 6.37. The number of benzene rings is 1. The molecule has 1 atom stereocenters. The van der Waals surface area contributed by atoms with Crippen LogP contribution in [0.1, 0.15) is 12.0 Å². The third-order valence-corrected chi connectivity index (χ3v) is 3.61. The van der Waals surface area contributed by atoms with Gasteiger partial charge >= 0.3 is 5.97 Å². The number of hydrogen-bond acceptors (Lipinski definition) is 3. The number of carbonyl (C=O) groups is 2. The number of carboxylic acid groups (broad SMARTS) is 1. The van der Waals surface area contributed by atoms with Crippen LogP contribution in [0.4, 0.5) is 0 Å². The average molecular weight is 298 g/mol. The van der Waals surface area contributed by atoms with Gasteiger partial charge in [0.05, 0.1) is 5.92 Å². The lowest BCUT2D eigenvalue weighted by atomic mass is 10.1. The number of ether oxygens (including phenoxy) is 1. The molecule has 1 aromatic rings. The van der Waals surface area contributed by atoms with Crippen LogP contribution in [0.25, 0.3) is 0 Å². The fourth-order valence-corrected chi connectivity index (χ4v) is 2.42. The Balaban J connectivity index is 1.88. The SMILES string of the molecule is Cc1cc(Cl)ccc1OCC(=O)N1CCC(C(=O)O)C1. The number of amides is 1. The van der Waals surface area contributed by atoms with E-state index in [1.54, 1.807) is 18.2 Å². The van der Waals surface area contributed by atoms with Gasteiger partial charge in [-0.3, -0.25) is 9.59 Å². The monoisotopic (exact) mass is 297 g/mol. The Bertz CT molecular complexity index is 532. The van der Waals surface area contributed by atoms with Gasteiger partial charge in [-0.15, -0.1) is 0 Å². The van der Waals surface area contributed by atoms with Crippen molar-refractivity contribution in [3.8, 4) is 5.75 Å². The number of carbonyl (C=O) groups excluding carboxylic acids is 1. The number of aryl methyl sites for hydroxylation is 1. The molecular weight excluding hydrogens is 282 g/mol. The topological polar surface area (TPSA) is 66.8 Å². The lowest BCUT2D eigenvalue weighted by molar-refractivity contribution is -0.141. The smallest absolute Gasteiger partial charge is 0.308 e. The normalized spacial score (nSPS) is 18.1. The molecule has 1 unspecified atom stereocenters. The van der Waals surface area contributed by atoms with Crippen molar-refractivity contribution in [2.24, 2.45) is 5.92 Å². The van der Waals surface area contributed by atoms with Crippen LogP contribution >= 0.6 is 11.6 Å². The molecule has 0 aromatic heterocycles. The van der Waals surface area contributed by atoms with Crippen molar-refractivity contribution >= 4 is 23.5 Å². The molecule has 0 radical (unpaired) electrons. The molecule has 1 heterocycles. The molecule has 0 spiro atoms. The van der Waals surface area contributed by atoms with Gasteiger partial charge in [0.25, 0.3) is 5.91 Å². The number of aliphatic carboxylic acids is 1. The van der Waals surface area contributed by atoms with Gasteiger partial charge in [0.1, 0.15) is 5.75 Å². The van der Waals surface area contributed by atoms with E-state index in [0.29, 0.717) is 23.7 Å². The van der Waals surface area contributed by atoms with Crippen LogP contribution in [-0.2, 0) is 9.59 Å². The number of likely N-dealkylation sites (tertiary alicyclic amines) is 1. The number of nitrogens with zero attached hydrogens (tertiary/aromatic N) is 1. The summed E-state index contributed by atoms with van der Waals surface area (Å²) in [7, 11) is 0. The average Bonchev–Trinajstić information content (AvgIpc) is 2.87. The Kier molecular flexibility index (Phi) is 4.49. The zero-order chi connectivity index (χ0) is 14.7. The lowest BCUT2D eigenvalue weighted by Gasteiger charge is -2.16. The molecule has 1 aromatic carbocycles. The molecule has 6 heteroatoms. The lowest BCUT2D eigenvalue weighted by Crippen LogP contribution is -2.33. The fraction of sp³-hybridized carbons (Fsp3) is 0.429. The van der Waals surface area contributed by atoms with E-state index in [1.807, 2.05) is 6.92 Å². The van der Waals surface area contributed by atoms with E-state index < -0.39 is 11.9 Å². The van der Waals surface area contributed by atoms with Gasteiger partial charge in [-0.2, -0.15) is 0 Å². The summed E-state index contributed by atoms with van der Waals surface area (Å²) in [6.45, 7) is 2.49. The standard InChI is InChI=1S/C14H16ClNO4/c1-9-6-11(15)2-3-12(9)20-8-13(17)16-5-4-10(7-16)14(18)19/h2-3,6,10H,4-5,7-8H2,1H3,(H,18,19). The summed E-state index contributed by atoms with van der Waals surface area (Å²) in [5, 5.41) is 9.52. The van der Waals surface area contributed by atoms with Crippen molar-refractivity contribution in [1.82, 2.24) is 4.90 Å². The summed E-state index contributed by atoms with van der Waals surface area (Å²) < 4.78 is 5.46. The molecule has 5 nitrogen and oxygen atoms in total. The first kappa shape index (κ1) is 14.7. The van der Waals surface area contributed by atoms with E-state index in [0.717, 1.165) is 5.56 Å². The first-order valence-corrected chi connectivity index (χ1v) is 6.74. The van der Waals surface area contributed by atoms with Gasteiger partial charge in [0.15, 0.2) is 6.61 Å². The van der Waals surface area contributed by atoms with E-state index in [-0.39, 0.29) is 19.1 Å². The van der Waals surface area contributed by atoms with Crippen LogP contribution < -0.4 is 4.74 Å². The molecule has 20 heavy (non-hydrogen) atoms. The fourth-order valence-electron chi connectivity index (χ4n) is 2.19. The summed E-state index contributed by atoms with van der Waals surface area (Å²) in [5.74, 6) is -0.897. The van der Waals surface area contributed by atoms with Crippen molar-refractivity contribution in [1.29, 1.82) is 0 Å². The summed E-state index contributed by atoms with van der Waals surface area (Å²) in [6.07, 6.45) is 0.501. The van der Waals surface area contributed by atoms with E-state index >= 15 is 0 Å². The highest BCUT2D eigenvalue weighted by Gasteiger charge is 2.30. The summed E-state index contributed by atoms with van der Waals surface area (Å²) in [6, 6.07) is 5.18. The Morgan fingerprint density at radius 1 is 1.50 bits per heavy atom. The number of rotatable bonds is 4. The van der Waals surface area contributed by atoms with Crippen LogP contribution in [0.3, 0.4) is 0 Å². The molecular formula is C14H16ClNO4. The first-order chi connectivity index (χ1) is 9.47. The van der Waals surface area contributed by atoms with Gasteiger partial charge < -0.3 is 14.7 Å². The van der Waals surface area contributed by atoms with Crippen molar-refractivity contribution in [2.75, 3.05) is 19.7 Å². The van der Waals surface area contributed by atoms with Crippen molar-refractivity contribution < 1.29 is 19.4 Å². The molecule has 0 bridgehead atoms. The minimum Gasteiger partial charge on any atom is -0.483 e. The molecule has 0 saturated carbocycles. The minimum absolute atomic E-state index is 0.0885.